The van der Waals surface area contributed by atoms with Crippen LogP contribution in [0.5, 0.6) is 5.88 Å². The van der Waals surface area contributed by atoms with Gasteiger partial charge in [0.15, 0.2) is 0 Å². The van der Waals surface area contributed by atoms with Crippen LogP contribution in [0.15, 0.2) is 23.3 Å². The lowest BCUT2D eigenvalue weighted by molar-refractivity contribution is -0.137. The van der Waals surface area contributed by atoms with Gasteiger partial charge in [0.2, 0.25) is 12.1 Å². The van der Waals surface area contributed by atoms with Crippen molar-refractivity contribution in [1.82, 2.24) is 9.88 Å². The molecule has 3 N–H and O–H groups in total. The zero-order valence-electron chi connectivity index (χ0n) is 20.0. The average Bonchev–Trinajstić information content (AvgIpc) is 3.01. The Morgan fingerprint density at radius 1 is 1.29 bits per heavy atom. The van der Waals surface area contributed by atoms with Crippen molar-refractivity contribution in [2.45, 2.75) is 58.2 Å². The van der Waals surface area contributed by atoms with Crippen molar-refractivity contribution in [2.24, 2.45) is 45.2 Å². The molecular formula is C25H31F3N6O. The summed E-state index contributed by atoms with van der Waals surface area (Å²) in [5.41, 5.74) is 4.64. The second-order valence-corrected chi connectivity index (χ2v) is 11.5. The Morgan fingerprint density at radius 2 is 1.97 bits per heavy atom. The number of likely N-dealkylation sites (tertiary alicyclic amines) is 1. The van der Waals surface area contributed by atoms with E-state index in [-0.39, 0.29) is 29.9 Å². The average molecular weight is 489 g/mol. The fourth-order valence-corrected chi connectivity index (χ4v) is 7.54. The Kier molecular flexibility index (Phi) is 5.53. The monoisotopic (exact) mass is 488 g/mol. The maximum absolute atomic E-state index is 12.8. The Morgan fingerprint density at radius 3 is 2.51 bits per heavy atom. The van der Waals surface area contributed by atoms with Crippen molar-refractivity contribution < 1.29 is 17.9 Å². The van der Waals surface area contributed by atoms with Crippen LogP contribution in [-0.2, 0) is 6.18 Å². The van der Waals surface area contributed by atoms with Gasteiger partial charge in [0.1, 0.15) is 5.84 Å². The lowest BCUT2D eigenvalue weighted by Gasteiger charge is -2.61. The predicted molar refractivity (Wildman–Crippen MR) is 123 cm³/mol. The number of nitrogens with two attached hydrogens (primary N) is 1. The van der Waals surface area contributed by atoms with Crippen LogP contribution in [0.4, 0.5) is 13.2 Å². The Hall–Kier alpha value is -2.83. The summed E-state index contributed by atoms with van der Waals surface area (Å²) in [4.78, 5) is 10.4. The molecule has 4 saturated carbocycles. The maximum Gasteiger partial charge on any atom is 0.417 e. The molecule has 7 nitrogen and oxygen atoms in total. The Labute approximate surface area is 203 Å². The van der Waals surface area contributed by atoms with E-state index in [0.29, 0.717) is 30.1 Å². The van der Waals surface area contributed by atoms with Crippen LogP contribution in [0, 0.1) is 51.4 Å². The van der Waals surface area contributed by atoms with E-state index in [4.69, 9.17) is 15.9 Å². The van der Waals surface area contributed by atoms with Crippen molar-refractivity contribution in [3.05, 3.63) is 23.9 Å². The maximum atomic E-state index is 12.8. The zero-order chi connectivity index (χ0) is 25.2. The highest BCUT2D eigenvalue weighted by Gasteiger charge is 2.60. The molecule has 1 aliphatic heterocycles. The number of nitriles is 1. The van der Waals surface area contributed by atoms with E-state index in [1.165, 1.54) is 6.07 Å². The van der Waals surface area contributed by atoms with Gasteiger partial charge in [-0.1, -0.05) is 13.8 Å². The third-order valence-electron chi connectivity index (χ3n) is 9.09. The van der Waals surface area contributed by atoms with Gasteiger partial charge in [0.25, 0.3) is 0 Å². The van der Waals surface area contributed by atoms with Crippen molar-refractivity contribution in [3.63, 3.8) is 0 Å². The molecule has 188 valence electrons. The quantitative estimate of drug-likeness (QED) is 0.361. The molecule has 4 aliphatic carbocycles. The number of hydrogen-bond donors (Lipinski definition) is 2. The summed E-state index contributed by atoms with van der Waals surface area (Å²) >= 11 is 0. The molecule has 5 aliphatic rings. The standard InChI is InChI=1S/C25H31F3N6O/c1-23(2)18(12-35-19-4-3-17(10-32-19)25(26,27)28)11-34(22(23)33-13-29)20-15-5-14-6-16(20)9-24(7-14,8-15)21(30)31/h3-4,10,14-16,18,20H,5-9,11-12H2,1-2H3,(H3,30,31)/b33-22-. The first-order valence-corrected chi connectivity index (χ1v) is 12.2. The van der Waals surface area contributed by atoms with Crippen LogP contribution in [0.25, 0.3) is 0 Å². The third kappa shape index (κ3) is 3.93. The molecule has 0 radical (unpaired) electrons. The van der Waals surface area contributed by atoms with Crippen molar-refractivity contribution in [1.29, 1.82) is 10.7 Å². The number of alkyl halides is 3. The van der Waals surface area contributed by atoms with Gasteiger partial charge in [0.05, 0.1) is 18.0 Å². The lowest BCUT2D eigenvalue weighted by Crippen LogP contribution is -2.62. The third-order valence-corrected chi connectivity index (χ3v) is 9.09. The number of halogens is 3. The molecule has 0 spiro atoms. The predicted octanol–water partition coefficient (Wildman–Crippen LogP) is 4.45. The van der Waals surface area contributed by atoms with Gasteiger partial charge >= 0.3 is 6.18 Å². The van der Waals surface area contributed by atoms with Crippen LogP contribution < -0.4 is 10.5 Å². The molecule has 6 rings (SSSR count). The first-order chi connectivity index (χ1) is 16.4. The summed E-state index contributed by atoms with van der Waals surface area (Å²) in [6.45, 7) is 5.01. The number of ether oxygens (including phenoxy) is 1. The number of aromatic nitrogens is 1. The van der Waals surface area contributed by atoms with E-state index >= 15 is 0 Å². The van der Waals surface area contributed by atoms with E-state index in [1.807, 2.05) is 20.0 Å². The number of nitrogens with one attached hydrogen (secondary N) is 1. The Balaban J connectivity index is 1.35. The minimum absolute atomic E-state index is 0.0161. The van der Waals surface area contributed by atoms with Gasteiger partial charge in [-0.15, -0.1) is 0 Å². The second kappa shape index (κ2) is 8.10. The molecule has 5 fully saturated rings. The fourth-order valence-electron chi connectivity index (χ4n) is 7.54. The summed E-state index contributed by atoms with van der Waals surface area (Å²) in [7, 11) is 0. The van der Waals surface area contributed by atoms with Crippen molar-refractivity contribution in [2.75, 3.05) is 13.2 Å². The van der Waals surface area contributed by atoms with Gasteiger partial charge in [-0.3, -0.25) is 5.41 Å². The molecule has 3 unspecified atom stereocenters. The number of aliphatic imine (C=N–C) groups is 1. The van der Waals surface area contributed by atoms with Gasteiger partial charge in [-0.25, -0.2) is 4.98 Å². The molecule has 2 heterocycles. The van der Waals surface area contributed by atoms with Gasteiger partial charge in [0, 0.05) is 41.6 Å². The summed E-state index contributed by atoms with van der Waals surface area (Å²) < 4.78 is 44.3. The highest BCUT2D eigenvalue weighted by molar-refractivity contribution is 5.91. The van der Waals surface area contributed by atoms with Gasteiger partial charge in [-0.05, 0) is 55.9 Å². The molecule has 1 saturated heterocycles. The van der Waals surface area contributed by atoms with E-state index in [9.17, 15) is 18.4 Å². The Bertz CT molecular complexity index is 1060. The molecule has 3 atom stereocenters. The van der Waals surface area contributed by atoms with Crippen molar-refractivity contribution >= 4 is 11.7 Å². The smallest absolute Gasteiger partial charge is 0.417 e. The number of hydrogen-bond acceptors (Lipinski definition) is 5. The number of amidine groups is 2. The lowest BCUT2D eigenvalue weighted by atomic mass is 9.47. The van der Waals surface area contributed by atoms with E-state index < -0.39 is 17.2 Å². The van der Waals surface area contributed by atoms with Crippen LogP contribution in [0.3, 0.4) is 0 Å². The van der Waals surface area contributed by atoms with Gasteiger partial charge in [-0.2, -0.15) is 23.4 Å². The first-order valence-electron chi connectivity index (χ1n) is 12.2. The minimum Gasteiger partial charge on any atom is -0.477 e. The molecule has 1 aromatic heterocycles. The van der Waals surface area contributed by atoms with Crippen LogP contribution in [0.2, 0.25) is 0 Å². The first kappa shape index (κ1) is 23.9. The summed E-state index contributed by atoms with van der Waals surface area (Å²) in [6.07, 6.45) is 3.40. The second-order valence-electron chi connectivity index (χ2n) is 11.5. The van der Waals surface area contributed by atoms with Crippen LogP contribution in [0.1, 0.15) is 51.5 Å². The van der Waals surface area contributed by atoms with Crippen molar-refractivity contribution in [3.8, 4) is 12.1 Å². The van der Waals surface area contributed by atoms with Crippen LogP contribution >= 0.6 is 0 Å². The fraction of sp³-hybridized carbons (Fsp3) is 0.680. The normalized spacial score (nSPS) is 36.4. The highest BCUT2D eigenvalue weighted by Crippen LogP contribution is 2.62. The van der Waals surface area contributed by atoms with E-state index in [0.717, 1.165) is 50.2 Å². The van der Waals surface area contributed by atoms with Gasteiger partial charge < -0.3 is 15.4 Å². The topological polar surface area (TPSA) is 111 Å². The molecule has 0 aromatic carbocycles. The molecule has 0 amide bonds. The number of pyridine rings is 1. The van der Waals surface area contributed by atoms with E-state index in [2.05, 4.69) is 14.9 Å². The van der Waals surface area contributed by atoms with E-state index in [1.54, 1.807) is 0 Å². The van der Waals surface area contributed by atoms with Crippen LogP contribution in [-0.4, -0.2) is 40.7 Å². The molecule has 10 heteroatoms. The summed E-state index contributed by atoms with van der Waals surface area (Å²) in [5, 5.41) is 17.7. The SMILES string of the molecule is CC1(C)/C(=N/C#N)N(C2C3CC4CC2CC(C(=N)N)(C4)C3)CC1COc1ccc(C(F)(F)F)cn1. The largest absolute Gasteiger partial charge is 0.477 e. The summed E-state index contributed by atoms with van der Waals surface area (Å²) in [6, 6.07) is 2.46. The molecule has 35 heavy (non-hydrogen) atoms. The molecule has 4 bridgehead atoms. The number of rotatable bonds is 5. The zero-order valence-corrected chi connectivity index (χ0v) is 20.0. The summed E-state index contributed by atoms with van der Waals surface area (Å²) in [5.74, 6) is 2.61. The highest BCUT2D eigenvalue weighted by atomic mass is 19.4. The number of nitrogens with zero attached hydrogens (tertiary/aromatic N) is 4. The minimum atomic E-state index is -4.44. The molecule has 1 aromatic rings. The molecular weight excluding hydrogens is 457 g/mol.